The number of hydrogen-bond donors (Lipinski definition) is 1. The summed E-state index contributed by atoms with van der Waals surface area (Å²) in [7, 11) is 1.62. The second kappa shape index (κ2) is 9.49. The molecule has 0 atom stereocenters. The number of rotatable bonds is 7. The number of amides is 1. The van der Waals surface area contributed by atoms with Crippen LogP contribution in [-0.4, -0.2) is 29.3 Å². The van der Waals surface area contributed by atoms with Crippen LogP contribution >= 0.6 is 11.6 Å². The average Bonchev–Trinajstić information content (AvgIpc) is 3.25. The molecule has 1 heterocycles. The number of aromatic nitrogens is 2. The fourth-order valence-corrected chi connectivity index (χ4v) is 3.52. The van der Waals surface area contributed by atoms with E-state index in [-0.39, 0.29) is 5.91 Å². The van der Waals surface area contributed by atoms with E-state index in [9.17, 15) is 4.79 Å². The Kier molecular flexibility index (Phi) is 6.34. The maximum atomic E-state index is 13.1. The third-order valence-corrected chi connectivity index (χ3v) is 5.27. The Bertz CT molecular complexity index is 1170. The molecule has 0 saturated heterocycles. The highest BCUT2D eigenvalue weighted by Gasteiger charge is 2.19. The number of nitrogens with one attached hydrogen (secondary N) is 1. The van der Waals surface area contributed by atoms with Gasteiger partial charge in [0.2, 0.25) is 0 Å². The lowest BCUT2D eigenvalue weighted by Gasteiger charge is -2.09. The molecule has 0 unspecified atom stereocenters. The van der Waals surface area contributed by atoms with Crippen LogP contribution in [0, 0.1) is 0 Å². The van der Waals surface area contributed by atoms with Crippen LogP contribution in [-0.2, 0) is 6.42 Å². The van der Waals surface area contributed by atoms with Gasteiger partial charge in [-0.3, -0.25) is 4.79 Å². The normalized spacial score (nSPS) is 10.6. The number of nitrogens with zero attached hydrogens (tertiary/aromatic N) is 2. The Balaban J connectivity index is 1.63. The molecule has 4 rings (SSSR count). The summed E-state index contributed by atoms with van der Waals surface area (Å²) < 4.78 is 6.83. The number of halogens is 1. The minimum Gasteiger partial charge on any atom is -0.497 e. The molecule has 3 aromatic carbocycles. The van der Waals surface area contributed by atoms with Crippen molar-refractivity contribution in [2.45, 2.75) is 6.42 Å². The molecule has 4 aromatic rings. The van der Waals surface area contributed by atoms with E-state index >= 15 is 0 Å². The van der Waals surface area contributed by atoms with E-state index in [4.69, 9.17) is 16.3 Å². The fourth-order valence-electron chi connectivity index (χ4n) is 3.31. The van der Waals surface area contributed by atoms with Crippen LogP contribution in [0.1, 0.15) is 16.1 Å². The highest BCUT2D eigenvalue weighted by Crippen LogP contribution is 2.26. The quantitative estimate of drug-likeness (QED) is 0.439. The number of carbonyl (C=O) groups is 1. The van der Waals surface area contributed by atoms with Crippen LogP contribution in [0.4, 0.5) is 0 Å². The number of benzene rings is 3. The van der Waals surface area contributed by atoms with Gasteiger partial charge < -0.3 is 10.1 Å². The largest absolute Gasteiger partial charge is 0.497 e. The summed E-state index contributed by atoms with van der Waals surface area (Å²) in [6.07, 6.45) is 0.748. The Morgan fingerprint density at radius 2 is 1.71 bits per heavy atom. The zero-order valence-electron chi connectivity index (χ0n) is 17.1. The van der Waals surface area contributed by atoms with Crippen LogP contribution in [0.3, 0.4) is 0 Å². The average molecular weight is 432 g/mol. The molecule has 5 nitrogen and oxygen atoms in total. The van der Waals surface area contributed by atoms with E-state index in [0.29, 0.717) is 28.6 Å². The van der Waals surface area contributed by atoms with Gasteiger partial charge in [0.1, 0.15) is 11.4 Å². The van der Waals surface area contributed by atoms with Gasteiger partial charge in [-0.2, -0.15) is 5.10 Å². The summed E-state index contributed by atoms with van der Waals surface area (Å²) in [6, 6.07) is 26.7. The molecule has 0 radical (unpaired) electrons. The van der Waals surface area contributed by atoms with Gasteiger partial charge in [-0.05, 0) is 54.4 Å². The highest BCUT2D eigenvalue weighted by molar-refractivity contribution is 6.32. The fraction of sp³-hybridized carbons (Fsp3) is 0.120. The monoisotopic (exact) mass is 431 g/mol. The Morgan fingerprint density at radius 3 is 2.42 bits per heavy atom. The standard InChI is InChI=1S/C25H22ClN3O2/c1-31-20-13-11-19(12-14-20)22-17-24(29(28-22)23-10-6-5-9-21(23)26)25(30)27-16-15-18-7-3-2-4-8-18/h2-14,17H,15-16H2,1H3,(H,27,30). The van der Waals surface area contributed by atoms with Crippen LogP contribution in [0.25, 0.3) is 16.9 Å². The lowest BCUT2D eigenvalue weighted by molar-refractivity contribution is 0.0946. The summed E-state index contributed by atoms with van der Waals surface area (Å²) in [5, 5.41) is 8.20. The van der Waals surface area contributed by atoms with Gasteiger partial charge >= 0.3 is 0 Å². The predicted octanol–water partition coefficient (Wildman–Crippen LogP) is 5.17. The van der Waals surface area contributed by atoms with Crippen LogP contribution in [0.5, 0.6) is 5.75 Å². The van der Waals surface area contributed by atoms with Crippen LogP contribution < -0.4 is 10.1 Å². The smallest absolute Gasteiger partial charge is 0.270 e. The maximum absolute atomic E-state index is 13.1. The first kappa shape index (κ1) is 20.7. The van der Waals surface area contributed by atoms with E-state index < -0.39 is 0 Å². The Labute approximate surface area is 186 Å². The third-order valence-electron chi connectivity index (χ3n) is 4.95. The second-order valence-corrected chi connectivity index (χ2v) is 7.41. The molecule has 6 heteroatoms. The molecule has 0 aliphatic heterocycles. The first-order valence-corrected chi connectivity index (χ1v) is 10.3. The number of hydrogen-bond acceptors (Lipinski definition) is 3. The highest BCUT2D eigenvalue weighted by atomic mass is 35.5. The summed E-state index contributed by atoms with van der Waals surface area (Å²) in [4.78, 5) is 13.1. The summed E-state index contributed by atoms with van der Waals surface area (Å²) in [5.74, 6) is 0.552. The van der Waals surface area contributed by atoms with Crippen LogP contribution in [0.2, 0.25) is 5.02 Å². The summed E-state index contributed by atoms with van der Waals surface area (Å²) in [5.41, 5.74) is 3.80. The first-order valence-electron chi connectivity index (χ1n) is 9.97. The van der Waals surface area contributed by atoms with E-state index in [2.05, 4.69) is 10.4 Å². The molecule has 1 amide bonds. The van der Waals surface area contributed by atoms with Gasteiger partial charge in [-0.1, -0.05) is 54.1 Å². The summed E-state index contributed by atoms with van der Waals surface area (Å²) in [6.45, 7) is 0.522. The maximum Gasteiger partial charge on any atom is 0.270 e. The first-order chi connectivity index (χ1) is 15.2. The van der Waals surface area contributed by atoms with Crippen molar-refractivity contribution in [3.63, 3.8) is 0 Å². The minimum atomic E-state index is -0.205. The molecule has 0 aliphatic rings. The van der Waals surface area contributed by atoms with E-state index in [1.807, 2.05) is 72.8 Å². The van der Waals surface area contributed by atoms with E-state index in [1.54, 1.807) is 23.9 Å². The lowest BCUT2D eigenvalue weighted by atomic mass is 10.1. The van der Waals surface area contributed by atoms with Crippen molar-refractivity contribution in [1.82, 2.24) is 15.1 Å². The van der Waals surface area contributed by atoms with Crippen molar-refractivity contribution in [3.05, 3.63) is 101 Å². The van der Waals surface area contributed by atoms with Crippen molar-refractivity contribution in [2.24, 2.45) is 0 Å². The molecule has 1 N–H and O–H groups in total. The van der Waals surface area contributed by atoms with Crippen molar-refractivity contribution < 1.29 is 9.53 Å². The topological polar surface area (TPSA) is 56.1 Å². The van der Waals surface area contributed by atoms with Gasteiger partial charge in [0, 0.05) is 12.1 Å². The van der Waals surface area contributed by atoms with Gasteiger partial charge in [0.25, 0.3) is 5.91 Å². The van der Waals surface area contributed by atoms with Crippen molar-refractivity contribution in [2.75, 3.05) is 13.7 Å². The number of methoxy groups -OCH3 is 1. The molecular weight excluding hydrogens is 410 g/mol. The Morgan fingerprint density at radius 1 is 1.00 bits per heavy atom. The second-order valence-electron chi connectivity index (χ2n) is 7.00. The molecule has 0 saturated carbocycles. The summed E-state index contributed by atoms with van der Waals surface area (Å²) >= 11 is 6.41. The molecule has 156 valence electrons. The van der Waals surface area contributed by atoms with Gasteiger partial charge in [-0.15, -0.1) is 0 Å². The van der Waals surface area contributed by atoms with Gasteiger partial charge in [0.15, 0.2) is 0 Å². The van der Waals surface area contributed by atoms with Crippen molar-refractivity contribution in [1.29, 1.82) is 0 Å². The van der Waals surface area contributed by atoms with Gasteiger partial charge in [-0.25, -0.2) is 4.68 Å². The molecule has 0 bridgehead atoms. The van der Waals surface area contributed by atoms with E-state index in [1.165, 1.54) is 5.56 Å². The zero-order valence-corrected chi connectivity index (χ0v) is 17.8. The molecule has 0 spiro atoms. The van der Waals surface area contributed by atoms with Crippen molar-refractivity contribution in [3.8, 4) is 22.7 Å². The number of para-hydroxylation sites is 1. The van der Waals surface area contributed by atoms with Crippen LogP contribution in [0.15, 0.2) is 84.9 Å². The molecule has 1 aromatic heterocycles. The van der Waals surface area contributed by atoms with Gasteiger partial charge in [0.05, 0.1) is 23.5 Å². The zero-order chi connectivity index (χ0) is 21.6. The van der Waals surface area contributed by atoms with Crippen molar-refractivity contribution >= 4 is 17.5 Å². The minimum absolute atomic E-state index is 0.205. The lowest BCUT2D eigenvalue weighted by Crippen LogP contribution is -2.27. The molecular formula is C25H22ClN3O2. The molecule has 31 heavy (non-hydrogen) atoms. The number of ether oxygens (including phenoxy) is 1. The Hall–Kier alpha value is -3.57. The third kappa shape index (κ3) is 4.78. The number of carbonyl (C=O) groups excluding carboxylic acids is 1. The van der Waals surface area contributed by atoms with E-state index in [0.717, 1.165) is 17.7 Å². The molecule has 0 fully saturated rings. The molecule has 0 aliphatic carbocycles. The SMILES string of the molecule is COc1ccc(-c2cc(C(=O)NCCc3ccccc3)n(-c3ccccc3Cl)n2)cc1. The predicted molar refractivity (Wildman–Crippen MR) is 123 cm³/mol.